The lowest BCUT2D eigenvalue weighted by molar-refractivity contribution is -0.189. The average molecular weight is 372 g/mol. The van der Waals surface area contributed by atoms with Gasteiger partial charge in [-0.3, -0.25) is 4.79 Å². The molecule has 5 nitrogen and oxygen atoms in total. The second kappa shape index (κ2) is 7.55. The SMILES string of the molecule is CC(C)(C)OC(=O)N[C@@H]1CCN(C(=O)C(F)(F)F)[C@H](c2ccccc2)C1. The predicted octanol–water partition coefficient (Wildman–Crippen LogP) is 3.81. The number of hydrogen-bond acceptors (Lipinski definition) is 3. The molecule has 144 valence electrons. The number of nitrogens with zero attached hydrogens (tertiary/aromatic N) is 1. The lowest BCUT2D eigenvalue weighted by atomic mass is 9.91. The van der Waals surface area contributed by atoms with Gasteiger partial charge in [0.2, 0.25) is 0 Å². The van der Waals surface area contributed by atoms with Crippen LogP contribution < -0.4 is 5.32 Å². The third kappa shape index (κ3) is 5.37. The van der Waals surface area contributed by atoms with Crippen LogP contribution in [0.2, 0.25) is 0 Å². The minimum absolute atomic E-state index is 0.0988. The zero-order valence-electron chi connectivity index (χ0n) is 15.0. The van der Waals surface area contributed by atoms with E-state index in [2.05, 4.69) is 5.32 Å². The van der Waals surface area contributed by atoms with Crippen LogP contribution in [0.15, 0.2) is 30.3 Å². The van der Waals surface area contributed by atoms with E-state index in [9.17, 15) is 22.8 Å². The third-order valence-corrected chi connectivity index (χ3v) is 4.01. The van der Waals surface area contributed by atoms with Crippen molar-refractivity contribution in [2.75, 3.05) is 6.54 Å². The van der Waals surface area contributed by atoms with Crippen molar-refractivity contribution in [3.8, 4) is 0 Å². The summed E-state index contributed by atoms with van der Waals surface area (Å²) in [6, 6.07) is 7.37. The molecule has 0 saturated carbocycles. The summed E-state index contributed by atoms with van der Waals surface area (Å²) in [5, 5.41) is 2.69. The van der Waals surface area contributed by atoms with Crippen molar-refractivity contribution in [2.24, 2.45) is 0 Å². The van der Waals surface area contributed by atoms with Crippen molar-refractivity contribution >= 4 is 12.0 Å². The van der Waals surface area contributed by atoms with Crippen LogP contribution in [0.25, 0.3) is 0 Å². The second-order valence-corrected chi connectivity index (χ2v) is 7.29. The molecule has 2 atom stereocenters. The predicted molar refractivity (Wildman–Crippen MR) is 89.3 cm³/mol. The Bertz CT molecular complexity index is 641. The number of amides is 2. The van der Waals surface area contributed by atoms with E-state index >= 15 is 0 Å². The van der Waals surface area contributed by atoms with E-state index in [1.807, 2.05) is 0 Å². The summed E-state index contributed by atoms with van der Waals surface area (Å²) in [5.41, 5.74) is -0.0728. The number of ether oxygens (including phenoxy) is 1. The quantitative estimate of drug-likeness (QED) is 0.859. The monoisotopic (exact) mass is 372 g/mol. The summed E-state index contributed by atoms with van der Waals surface area (Å²) in [7, 11) is 0. The summed E-state index contributed by atoms with van der Waals surface area (Å²) >= 11 is 0. The Labute approximate surface area is 150 Å². The van der Waals surface area contributed by atoms with Crippen LogP contribution in [0, 0.1) is 0 Å². The fourth-order valence-corrected chi connectivity index (χ4v) is 2.97. The van der Waals surface area contributed by atoms with E-state index in [0.717, 1.165) is 4.90 Å². The number of nitrogens with one attached hydrogen (secondary N) is 1. The Morgan fingerprint density at radius 1 is 1.15 bits per heavy atom. The van der Waals surface area contributed by atoms with Crippen LogP contribution in [0.5, 0.6) is 0 Å². The van der Waals surface area contributed by atoms with Gasteiger partial charge in [0.25, 0.3) is 0 Å². The number of alkyl halides is 3. The van der Waals surface area contributed by atoms with Crippen LogP contribution >= 0.6 is 0 Å². The second-order valence-electron chi connectivity index (χ2n) is 7.29. The van der Waals surface area contributed by atoms with Crippen LogP contribution in [0.1, 0.15) is 45.2 Å². The molecule has 1 aliphatic rings. The van der Waals surface area contributed by atoms with Crippen molar-refractivity contribution in [3.05, 3.63) is 35.9 Å². The molecule has 0 bridgehead atoms. The molecule has 1 fully saturated rings. The fourth-order valence-electron chi connectivity index (χ4n) is 2.97. The maximum absolute atomic E-state index is 12.9. The van der Waals surface area contributed by atoms with E-state index in [4.69, 9.17) is 4.74 Å². The normalized spacial score (nSPS) is 21.2. The largest absolute Gasteiger partial charge is 0.471 e. The van der Waals surface area contributed by atoms with Gasteiger partial charge in [0.05, 0.1) is 6.04 Å². The van der Waals surface area contributed by atoms with Gasteiger partial charge in [-0.25, -0.2) is 4.79 Å². The Balaban J connectivity index is 2.16. The first-order valence-electron chi connectivity index (χ1n) is 8.39. The van der Waals surface area contributed by atoms with Crippen LogP contribution in [-0.2, 0) is 9.53 Å². The van der Waals surface area contributed by atoms with Gasteiger partial charge < -0.3 is 15.0 Å². The van der Waals surface area contributed by atoms with Gasteiger partial charge in [-0.2, -0.15) is 13.2 Å². The molecular weight excluding hydrogens is 349 g/mol. The number of hydrogen-bond donors (Lipinski definition) is 1. The highest BCUT2D eigenvalue weighted by Crippen LogP contribution is 2.34. The minimum atomic E-state index is -4.93. The summed E-state index contributed by atoms with van der Waals surface area (Å²) in [5.74, 6) is -1.86. The fraction of sp³-hybridized carbons (Fsp3) is 0.556. The Hall–Kier alpha value is -2.25. The maximum Gasteiger partial charge on any atom is 0.471 e. The first-order chi connectivity index (χ1) is 12.0. The Morgan fingerprint density at radius 3 is 2.31 bits per heavy atom. The minimum Gasteiger partial charge on any atom is -0.444 e. The van der Waals surface area contributed by atoms with Gasteiger partial charge in [0.1, 0.15) is 5.60 Å². The van der Waals surface area contributed by atoms with Gasteiger partial charge in [0, 0.05) is 12.6 Å². The van der Waals surface area contributed by atoms with E-state index in [-0.39, 0.29) is 25.4 Å². The number of rotatable bonds is 2. The molecule has 1 saturated heterocycles. The first-order valence-corrected chi connectivity index (χ1v) is 8.39. The lowest BCUT2D eigenvalue weighted by Crippen LogP contribution is -2.52. The molecule has 0 unspecified atom stereocenters. The Kier molecular flexibility index (Phi) is 5.83. The molecule has 2 amide bonds. The number of alkyl carbamates (subject to hydrolysis) is 1. The molecule has 0 radical (unpaired) electrons. The van der Waals surface area contributed by atoms with Crippen LogP contribution in [0.4, 0.5) is 18.0 Å². The first kappa shape index (κ1) is 20.1. The summed E-state index contributed by atoms with van der Waals surface area (Å²) < 4.78 is 44.0. The van der Waals surface area contributed by atoms with Crippen molar-refractivity contribution in [3.63, 3.8) is 0 Å². The summed E-state index contributed by atoms with van der Waals surface area (Å²) in [4.78, 5) is 24.6. The highest BCUT2D eigenvalue weighted by atomic mass is 19.4. The molecule has 26 heavy (non-hydrogen) atoms. The number of carbonyl (C=O) groups excluding carboxylic acids is 2. The van der Waals surface area contributed by atoms with E-state index in [1.165, 1.54) is 0 Å². The molecule has 1 aromatic carbocycles. The zero-order valence-corrected chi connectivity index (χ0v) is 15.0. The topological polar surface area (TPSA) is 58.6 Å². The molecule has 0 aliphatic carbocycles. The van der Waals surface area contributed by atoms with Crippen LogP contribution in [0.3, 0.4) is 0 Å². The molecule has 0 spiro atoms. The molecule has 1 aromatic rings. The molecule has 1 aliphatic heterocycles. The smallest absolute Gasteiger partial charge is 0.444 e. The lowest BCUT2D eigenvalue weighted by Gasteiger charge is -2.40. The maximum atomic E-state index is 12.9. The van der Waals surface area contributed by atoms with Crippen LogP contribution in [-0.4, -0.2) is 41.3 Å². The van der Waals surface area contributed by atoms with Crippen molar-refractivity contribution in [1.29, 1.82) is 0 Å². The van der Waals surface area contributed by atoms with Gasteiger partial charge >= 0.3 is 18.2 Å². The Morgan fingerprint density at radius 2 is 1.77 bits per heavy atom. The average Bonchev–Trinajstić information content (AvgIpc) is 2.52. The molecule has 2 rings (SSSR count). The van der Waals surface area contributed by atoms with E-state index in [0.29, 0.717) is 5.56 Å². The summed E-state index contributed by atoms with van der Waals surface area (Å²) in [6.07, 6.45) is -5.14. The van der Waals surface area contributed by atoms with Crippen molar-refractivity contribution in [1.82, 2.24) is 10.2 Å². The van der Waals surface area contributed by atoms with Gasteiger partial charge in [-0.15, -0.1) is 0 Å². The highest BCUT2D eigenvalue weighted by Gasteiger charge is 2.46. The molecule has 1 N–H and O–H groups in total. The molecule has 1 heterocycles. The number of piperidine rings is 1. The highest BCUT2D eigenvalue weighted by molar-refractivity contribution is 5.82. The number of benzene rings is 1. The van der Waals surface area contributed by atoms with Gasteiger partial charge in [0.15, 0.2) is 0 Å². The van der Waals surface area contributed by atoms with Gasteiger partial charge in [-0.1, -0.05) is 30.3 Å². The number of likely N-dealkylation sites (tertiary alicyclic amines) is 1. The standard InChI is InChI=1S/C18H23F3N2O3/c1-17(2,3)26-16(25)22-13-9-10-23(15(24)18(19,20)21)14(11-13)12-7-5-4-6-8-12/h4-8,13-14H,9-11H2,1-3H3,(H,22,25)/t13-,14+/m1/s1. The molecule has 0 aromatic heterocycles. The molecule has 8 heteroatoms. The van der Waals surface area contributed by atoms with Crippen molar-refractivity contribution in [2.45, 2.75) is 57.5 Å². The van der Waals surface area contributed by atoms with Crippen molar-refractivity contribution < 1.29 is 27.5 Å². The summed E-state index contributed by atoms with van der Waals surface area (Å²) in [6.45, 7) is 5.08. The van der Waals surface area contributed by atoms with E-state index < -0.39 is 29.8 Å². The molecular formula is C18H23F3N2O3. The van der Waals surface area contributed by atoms with E-state index in [1.54, 1.807) is 51.1 Å². The number of carbonyl (C=O) groups is 2. The van der Waals surface area contributed by atoms with Gasteiger partial charge in [-0.05, 0) is 39.2 Å². The zero-order chi connectivity index (χ0) is 19.5. The third-order valence-electron chi connectivity index (χ3n) is 4.01. The number of halogens is 3.